The van der Waals surface area contributed by atoms with Crippen LogP contribution in [0.5, 0.6) is 0 Å². The first-order chi connectivity index (χ1) is 9.16. The van der Waals surface area contributed by atoms with Crippen LogP contribution in [0.3, 0.4) is 0 Å². The average Bonchev–Trinajstić information content (AvgIpc) is 2.39. The molecule has 0 aliphatic carbocycles. The highest BCUT2D eigenvalue weighted by molar-refractivity contribution is 7.80. The third-order valence-corrected chi connectivity index (χ3v) is 2.78. The quantitative estimate of drug-likeness (QED) is 0.839. The summed E-state index contributed by atoms with van der Waals surface area (Å²) in [7, 11) is 0. The third kappa shape index (κ3) is 3.64. The SMILES string of the molecule is O=C(Nc1ccccc1)c1ccccc1NS(=O)[O-]. The summed E-state index contributed by atoms with van der Waals surface area (Å²) in [4.78, 5) is 12.1. The number of hydrogen-bond donors (Lipinski definition) is 2. The van der Waals surface area contributed by atoms with Crippen molar-refractivity contribution in [3.05, 3.63) is 60.2 Å². The number of carbonyl (C=O) groups excluding carboxylic acids is 1. The van der Waals surface area contributed by atoms with Crippen LogP contribution >= 0.6 is 0 Å². The Balaban J connectivity index is 2.21. The summed E-state index contributed by atoms with van der Waals surface area (Å²) in [6.45, 7) is 0. The molecule has 2 aromatic rings. The van der Waals surface area contributed by atoms with Gasteiger partial charge in [-0.2, -0.15) is 0 Å². The van der Waals surface area contributed by atoms with Gasteiger partial charge in [-0.3, -0.25) is 9.00 Å². The molecule has 0 aliphatic rings. The van der Waals surface area contributed by atoms with Gasteiger partial charge >= 0.3 is 0 Å². The van der Waals surface area contributed by atoms with Crippen molar-refractivity contribution in [3.63, 3.8) is 0 Å². The molecule has 5 nitrogen and oxygen atoms in total. The molecule has 0 radical (unpaired) electrons. The zero-order valence-corrected chi connectivity index (χ0v) is 10.6. The summed E-state index contributed by atoms with van der Waals surface area (Å²) in [5, 5.41) is 2.69. The van der Waals surface area contributed by atoms with Gasteiger partial charge in [-0.15, -0.1) is 0 Å². The molecule has 1 atom stereocenters. The fourth-order valence-electron chi connectivity index (χ4n) is 1.58. The maximum absolute atomic E-state index is 12.1. The van der Waals surface area contributed by atoms with E-state index >= 15 is 0 Å². The average molecular weight is 275 g/mol. The van der Waals surface area contributed by atoms with Gasteiger partial charge < -0.3 is 14.6 Å². The maximum Gasteiger partial charge on any atom is 0.257 e. The van der Waals surface area contributed by atoms with Gasteiger partial charge in [-0.1, -0.05) is 30.3 Å². The molecule has 0 fully saturated rings. The predicted octanol–water partition coefficient (Wildman–Crippen LogP) is 2.14. The highest BCUT2D eigenvalue weighted by Gasteiger charge is 2.10. The fourth-order valence-corrected chi connectivity index (χ4v) is 1.94. The van der Waals surface area contributed by atoms with Crippen molar-refractivity contribution >= 4 is 28.5 Å². The molecule has 2 N–H and O–H groups in total. The van der Waals surface area contributed by atoms with Gasteiger partial charge in [0.2, 0.25) is 0 Å². The number of rotatable bonds is 4. The number of carbonyl (C=O) groups is 1. The zero-order chi connectivity index (χ0) is 13.7. The summed E-state index contributed by atoms with van der Waals surface area (Å²) in [5.74, 6) is -0.375. The van der Waals surface area contributed by atoms with E-state index in [1.165, 1.54) is 6.07 Å². The van der Waals surface area contributed by atoms with Crippen LogP contribution < -0.4 is 10.0 Å². The number of para-hydroxylation sites is 2. The molecule has 0 heterocycles. The van der Waals surface area contributed by atoms with E-state index in [0.717, 1.165) is 0 Å². The minimum atomic E-state index is -2.47. The van der Waals surface area contributed by atoms with Crippen LogP contribution in [0.1, 0.15) is 10.4 Å². The number of nitrogens with one attached hydrogen (secondary N) is 2. The van der Waals surface area contributed by atoms with Crippen LogP contribution in [0.2, 0.25) is 0 Å². The Kier molecular flexibility index (Phi) is 4.27. The molecule has 0 aliphatic heterocycles. The lowest BCUT2D eigenvalue weighted by Gasteiger charge is -2.13. The first kappa shape index (κ1) is 13.3. The summed E-state index contributed by atoms with van der Waals surface area (Å²) < 4.78 is 23.5. The van der Waals surface area contributed by atoms with E-state index < -0.39 is 11.3 Å². The van der Waals surface area contributed by atoms with Gasteiger partial charge in [0.05, 0.1) is 11.3 Å². The van der Waals surface area contributed by atoms with E-state index in [2.05, 4.69) is 10.0 Å². The largest absolute Gasteiger partial charge is 0.755 e. The van der Waals surface area contributed by atoms with Gasteiger partial charge in [0.1, 0.15) is 0 Å². The molecule has 0 spiro atoms. The Morgan fingerprint density at radius 3 is 2.32 bits per heavy atom. The van der Waals surface area contributed by atoms with Crippen molar-refractivity contribution in [1.29, 1.82) is 0 Å². The number of amides is 1. The molecule has 0 saturated heterocycles. The van der Waals surface area contributed by atoms with Crippen molar-refractivity contribution < 1.29 is 13.6 Å². The Hall–Kier alpha value is -2.18. The second-order valence-electron chi connectivity index (χ2n) is 3.70. The first-order valence-corrected chi connectivity index (χ1v) is 6.55. The van der Waals surface area contributed by atoms with E-state index in [9.17, 15) is 13.6 Å². The summed E-state index contributed by atoms with van der Waals surface area (Å²) >= 11 is -2.47. The molecule has 19 heavy (non-hydrogen) atoms. The molecular formula is C13H11N2O3S-. The summed E-state index contributed by atoms with van der Waals surface area (Å²) in [6, 6.07) is 15.3. The number of benzene rings is 2. The molecule has 0 saturated carbocycles. The number of hydrogen-bond acceptors (Lipinski definition) is 3. The Bertz CT molecular complexity index is 602. The smallest absolute Gasteiger partial charge is 0.257 e. The first-order valence-electron chi connectivity index (χ1n) is 5.48. The molecule has 1 amide bonds. The van der Waals surface area contributed by atoms with E-state index in [4.69, 9.17) is 0 Å². The van der Waals surface area contributed by atoms with Crippen LogP contribution in [0.15, 0.2) is 54.6 Å². The fraction of sp³-hybridized carbons (Fsp3) is 0. The Labute approximate surface area is 113 Å². The van der Waals surface area contributed by atoms with Crippen molar-refractivity contribution in [3.8, 4) is 0 Å². The highest BCUT2D eigenvalue weighted by atomic mass is 32.2. The molecule has 2 aromatic carbocycles. The molecule has 6 heteroatoms. The van der Waals surface area contributed by atoms with Crippen LogP contribution in [-0.2, 0) is 11.3 Å². The van der Waals surface area contributed by atoms with Gasteiger partial charge in [0.25, 0.3) is 5.91 Å². The van der Waals surface area contributed by atoms with Crippen LogP contribution in [0.4, 0.5) is 11.4 Å². The minimum absolute atomic E-state index is 0.240. The van der Waals surface area contributed by atoms with Crippen molar-refractivity contribution in [2.45, 2.75) is 0 Å². The van der Waals surface area contributed by atoms with E-state index in [-0.39, 0.29) is 17.2 Å². The summed E-state index contributed by atoms with van der Waals surface area (Å²) in [5.41, 5.74) is 1.14. The second-order valence-corrected chi connectivity index (χ2v) is 4.38. The van der Waals surface area contributed by atoms with E-state index in [1.54, 1.807) is 42.5 Å². The van der Waals surface area contributed by atoms with E-state index in [1.807, 2.05) is 6.07 Å². The third-order valence-electron chi connectivity index (χ3n) is 2.40. The molecule has 0 bridgehead atoms. The zero-order valence-electron chi connectivity index (χ0n) is 9.83. The van der Waals surface area contributed by atoms with Gasteiger partial charge in [0, 0.05) is 17.0 Å². The predicted molar refractivity (Wildman–Crippen MR) is 73.4 cm³/mol. The minimum Gasteiger partial charge on any atom is -0.755 e. The van der Waals surface area contributed by atoms with Crippen LogP contribution in [0, 0.1) is 0 Å². The highest BCUT2D eigenvalue weighted by Crippen LogP contribution is 2.17. The van der Waals surface area contributed by atoms with E-state index in [0.29, 0.717) is 5.69 Å². The number of anilines is 2. The molecule has 0 aromatic heterocycles. The van der Waals surface area contributed by atoms with Crippen molar-refractivity contribution in [2.24, 2.45) is 0 Å². The molecule has 98 valence electrons. The van der Waals surface area contributed by atoms with Crippen molar-refractivity contribution in [1.82, 2.24) is 0 Å². The second kappa shape index (κ2) is 6.12. The topological polar surface area (TPSA) is 81.3 Å². The lowest BCUT2D eigenvalue weighted by Crippen LogP contribution is -2.15. The van der Waals surface area contributed by atoms with Gasteiger partial charge in [0.15, 0.2) is 0 Å². The lowest BCUT2D eigenvalue weighted by atomic mass is 10.1. The Morgan fingerprint density at radius 1 is 1.00 bits per heavy atom. The molecule has 1 unspecified atom stereocenters. The monoisotopic (exact) mass is 275 g/mol. The molecule has 2 rings (SSSR count). The normalized spacial score (nSPS) is 11.6. The maximum atomic E-state index is 12.1. The summed E-state index contributed by atoms with van der Waals surface area (Å²) in [6.07, 6.45) is 0. The van der Waals surface area contributed by atoms with Gasteiger partial charge in [-0.25, -0.2) is 0 Å². The van der Waals surface area contributed by atoms with Crippen LogP contribution in [-0.4, -0.2) is 14.7 Å². The van der Waals surface area contributed by atoms with Crippen LogP contribution in [0.25, 0.3) is 0 Å². The standard InChI is InChI=1S/C13H12N2O3S/c16-13(14-10-6-2-1-3-7-10)11-8-4-5-9-12(11)15-19(17)18/h1-9,15H,(H,14,16)(H,17,18)/p-1. The lowest BCUT2D eigenvalue weighted by molar-refractivity contribution is 0.102. The van der Waals surface area contributed by atoms with Gasteiger partial charge in [-0.05, 0) is 24.3 Å². The Morgan fingerprint density at radius 2 is 1.63 bits per heavy atom. The van der Waals surface area contributed by atoms with Crippen molar-refractivity contribution in [2.75, 3.05) is 10.0 Å². The molecular weight excluding hydrogens is 264 g/mol.